The molecule has 11 heteroatoms. The highest BCUT2D eigenvalue weighted by Gasteiger charge is 2.28. The molecule has 9 nitrogen and oxygen atoms in total. The number of carbonyl (C=O) groups excluding carboxylic acids is 2. The monoisotopic (exact) mass is 488 g/mol. The van der Waals surface area contributed by atoms with E-state index in [4.69, 9.17) is 4.74 Å². The topological polar surface area (TPSA) is 119 Å². The van der Waals surface area contributed by atoms with Crippen LogP contribution in [0.2, 0.25) is 0 Å². The van der Waals surface area contributed by atoms with Crippen LogP contribution in [-0.4, -0.2) is 43.7 Å². The first kappa shape index (κ1) is 23.1. The van der Waals surface area contributed by atoms with Crippen LogP contribution in [0.1, 0.15) is 35.1 Å². The van der Waals surface area contributed by atoms with Gasteiger partial charge in [0.25, 0.3) is 0 Å². The van der Waals surface area contributed by atoms with E-state index in [1.165, 1.54) is 17.9 Å². The second-order valence-electron chi connectivity index (χ2n) is 7.47. The summed E-state index contributed by atoms with van der Waals surface area (Å²) in [6, 6.07) is 8.62. The maximum atomic E-state index is 13.1. The zero-order chi connectivity index (χ0) is 23.6. The van der Waals surface area contributed by atoms with Gasteiger partial charge < -0.3 is 10.1 Å². The third-order valence-corrected chi connectivity index (χ3v) is 7.76. The fourth-order valence-electron chi connectivity index (χ4n) is 3.71. The minimum atomic E-state index is -3.89. The quantitative estimate of drug-likeness (QED) is 0.503. The van der Waals surface area contributed by atoms with Gasteiger partial charge in [0, 0.05) is 29.8 Å². The number of carbonyl (C=O) groups is 2. The summed E-state index contributed by atoms with van der Waals surface area (Å²) in [6.45, 7) is 2.12. The number of amides is 1. The Morgan fingerprint density at radius 3 is 2.76 bits per heavy atom. The smallest absolute Gasteiger partial charge is 0.249 e. The zero-order valence-electron chi connectivity index (χ0n) is 18.3. The highest BCUT2D eigenvalue weighted by Crippen LogP contribution is 2.37. The highest BCUT2D eigenvalue weighted by atomic mass is 32.2. The van der Waals surface area contributed by atoms with Crippen molar-refractivity contribution in [3.8, 4) is 16.9 Å². The van der Waals surface area contributed by atoms with Crippen LogP contribution in [-0.2, 0) is 27.7 Å². The van der Waals surface area contributed by atoms with E-state index in [0.717, 1.165) is 4.88 Å². The number of thiophene rings is 1. The Morgan fingerprint density at radius 2 is 2.06 bits per heavy atom. The molecule has 2 N–H and O–H groups in total. The molecule has 0 fully saturated rings. The minimum Gasteiger partial charge on any atom is -0.495 e. The van der Waals surface area contributed by atoms with E-state index in [-0.39, 0.29) is 47.7 Å². The number of benzene rings is 1. The lowest BCUT2D eigenvalue weighted by Gasteiger charge is -2.13. The second kappa shape index (κ2) is 9.46. The summed E-state index contributed by atoms with van der Waals surface area (Å²) in [7, 11) is -2.49. The fraction of sp³-hybridized carbons (Fsp3) is 0.318. The molecule has 4 rings (SSSR count). The minimum absolute atomic E-state index is 0.0260. The van der Waals surface area contributed by atoms with Crippen LogP contribution in [0.4, 0.5) is 5.82 Å². The Hall–Kier alpha value is -3.02. The molecule has 3 heterocycles. The van der Waals surface area contributed by atoms with Crippen LogP contribution in [0.15, 0.2) is 40.6 Å². The van der Waals surface area contributed by atoms with Crippen molar-refractivity contribution in [3.63, 3.8) is 0 Å². The standard InChI is InChI=1S/C22H24N4O5S2/c1-3-16-21(22-24-19(27)8-9-20(28)26(22)25-16)14-6-7-17(31-2)18(13-14)33(29,30)23-11-10-15-5-4-12-32-15/h4-7,12-13,23H,3,8-11H2,1-2H3,(H,24,27). The molecule has 33 heavy (non-hydrogen) atoms. The predicted molar refractivity (Wildman–Crippen MR) is 125 cm³/mol. The molecule has 0 radical (unpaired) electrons. The van der Waals surface area contributed by atoms with E-state index < -0.39 is 10.0 Å². The molecule has 2 aromatic heterocycles. The molecule has 0 saturated heterocycles. The number of hydrogen-bond acceptors (Lipinski definition) is 7. The Labute approximate surface area is 195 Å². The number of sulfonamides is 1. The SMILES string of the molecule is CCc1nn2c(c1-c1ccc(OC)c(S(=O)(=O)NCCc3cccs3)c1)NC(=O)CCC2=O. The molecule has 0 spiro atoms. The number of aryl methyl sites for hydroxylation is 1. The number of methoxy groups -OCH3 is 1. The van der Waals surface area contributed by atoms with Gasteiger partial charge in [0.05, 0.1) is 12.8 Å². The number of fused-ring (bicyclic) bond motifs is 1. The average Bonchev–Trinajstić information content (AvgIpc) is 3.42. The number of nitrogens with one attached hydrogen (secondary N) is 2. The normalized spacial score (nSPS) is 14.0. The number of ether oxygens (including phenoxy) is 1. The number of anilines is 1. The lowest BCUT2D eigenvalue weighted by molar-refractivity contribution is -0.116. The Bertz CT molecular complexity index is 1300. The maximum Gasteiger partial charge on any atom is 0.249 e. The Kier molecular flexibility index (Phi) is 6.63. The highest BCUT2D eigenvalue weighted by molar-refractivity contribution is 7.89. The van der Waals surface area contributed by atoms with Crippen LogP contribution >= 0.6 is 11.3 Å². The van der Waals surface area contributed by atoms with Gasteiger partial charge in [-0.1, -0.05) is 19.1 Å². The Morgan fingerprint density at radius 1 is 1.24 bits per heavy atom. The van der Waals surface area contributed by atoms with Gasteiger partial charge in [-0.15, -0.1) is 11.3 Å². The summed E-state index contributed by atoms with van der Waals surface area (Å²) in [4.78, 5) is 25.7. The van der Waals surface area contributed by atoms with E-state index in [9.17, 15) is 18.0 Å². The molecular weight excluding hydrogens is 464 g/mol. The molecule has 0 aliphatic carbocycles. The summed E-state index contributed by atoms with van der Waals surface area (Å²) >= 11 is 1.57. The first-order valence-electron chi connectivity index (χ1n) is 10.5. The van der Waals surface area contributed by atoms with Crippen LogP contribution < -0.4 is 14.8 Å². The molecular formula is C22H24N4O5S2. The first-order valence-corrected chi connectivity index (χ1v) is 12.9. The van der Waals surface area contributed by atoms with Crippen molar-refractivity contribution in [1.82, 2.24) is 14.5 Å². The van der Waals surface area contributed by atoms with E-state index >= 15 is 0 Å². The maximum absolute atomic E-state index is 13.1. The molecule has 3 aromatic rings. The summed E-state index contributed by atoms with van der Waals surface area (Å²) in [5.41, 5.74) is 1.63. The molecule has 0 atom stereocenters. The van der Waals surface area contributed by atoms with Gasteiger partial charge in [0.15, 0.2) is 0 Å². The van der Waals surface area contributed by atoms with E-state index in [1.54, 1.807) is 23.5 Å². The molecule has 0 bridgehead atoms. The van der Waals surface area contributed by atoms with Crippen molar-refractivity contribution < 1.29 is 22.7 Å². The molecule has 1 aromatic carbocycles. The largest absolute Gasteiger partial charge is 0.495 e. The summed E-state index contributed by atoms with van der Waals surface area (Å²) in [6.07, 6.45) is 1.19. The van der Waals surface area contributed by atoms with Gasteiger partial charge in [0.1, 0.15) is 16.5 Å². The van der Waals surface area contributed by atoms with Gasteiger partial charge >= 0.3 is 0 Å². The zero-order valence-corrected chi connectivity index (χ0v) is 19.9. The van der Waals surface area contributed by atoms with E-state index in [1.807, 2.05) is 24.4 Å². The van der Waals surface area contributed by atoms with E-state index in [2.05, 4.69) is 15.1 Å². The molecule has 174 valence electrons. The molecule has 1 aliphatic heterocycles. The lowest BCUT2D eigenvalue weighted by Crippen LogP contribution is -2.26. The van der Waals surface area contributed by atoms with Gasteiger partial charge in [-0.3, -0.25) is 9.59 Å². The third-order valence-electron chi connectivity index (χ3n) is 5.34. The summed E-state index contributed by atoms with van der Waals surface area (Å²) in [5.74, 6) is -0.124. The van der Waals surface area contributed by atoms with Crippen molar-refractivity contribution >= 4 is 39.0 Å². The summed E-state index contributed by atoms with van der Waals surface area (Å²) < 4.78 is 35.4. The van der Waals surface area contributed by atoms with Gasteiger partial charge in [-0.05, 0) is 42.0 Å². The lowest BCUT2D eigenvalue weighted by atomic mass is 10.0. The average molecular weight is 489 g/mol. The molecule has 0 saturated carbocycles. The van der Waals surface area contributed by atoms with Gasteiger partial charge in [-0.2, -0.15) is 9.78 Å². The first-order chi connectivity index (χ1) is 15.8. The van der Waals surface area contributed by atoms with Crippen molar-refractivity contribution in [3.05, 3.63) is 46.3 Å². The Balaban J connectivity index is 1.74. The summed E-state index contributed by atoms with van der Waals surface area (Å²) in [5, 5.41) is 9.09. The van der Waals surface area contributed by atoms with Crippen molar-refractivity contribution in [2.24, 2.45) is 0 Å². The van der Waals surface area contributed by atoms with Crippen molar-refractivity contribution in [1.29, 1.82) is 0 Å². The van der Waals surface area contributed by atoms with Gasteiger partial charge in [-0.25, -0.2) is 13.1 Å². The van der Waals surface area contributed by atoms with Gasteiger partial charge in [0.2, 0.25) is 21.8 Å². The second-order valence-corrected chi connectivity index (χ2v) is 10.2. The predicted octanol–water partition coefficient (Wildman–Crippen LogP) is 3.08. The molecule has 0 unspecified atom stereocenters. The van der Waals surface area contributed by atoms with Crippen LogP contribution in [0.3, 0.4) is 0 Å². The van der Waals surface area contributed by atoms with Crippen LogP contribution in [0.5, 0.6) is 5.75 Å². The number of hydrogen-bond donors (Lipinski definition) is 2. The fourth-order valence-corrected chi connectivity index (χ4v) is 5.65. The van der Waals surface area contributed by atoms with E-state index in [0.29, 0.717) is 29.7 Å². The number of nitrogens with zero attached hydrogens (tertiary/aromatic N) is 2. The molecule has 1 amide bonds. The number of rotatable bonds is 8. The third kappa shape index (κ3) is 4.70. The number of aromatic nitrogens is 2. The van der Waals surface area contributed by atoms with Crippen LogP contribution in [0.25, 0.3) is 11.1 Å². The van der Waals surface area contributed by atoms with Crippen molar-refractivity contribution in [2.75, 3.05) is 19.0 Å². The molecule has 1 aliphatic rings. The van der Waals surface area contributed by atoms with Crippen molar-refractivity contribution in [2.45, 2.75) is 37.5 Å². The van der Waals surface area contributed by atoms with Crippen LogP contribution in [0, 0.1) is 0 Å².